The number of hydrogen-bond acceptors (Lipinski definition) is 1. The Morgan fingerprint density at radius 1 is 1.00 bits per heavy atom. The summed E-state index contributed by atoms with van der Waals surface area (Å²) < 4.78 is 0. The molecule has 2 aromatic rings. The molecule has 18 heavy (non-hydrogen) atoms. The molecule has 0 spiro atoms. The first-order valence-corrected chi connectivity index (χ1v) is 6.00. The number of para-hydroxylation sites is 1. The second-order valence-corrected chi connectivity index (χ2v) is 4.30. The van der Waals surface area contributed by atoms with Crippen LogP contribution in [0.2, 0.25) is 0 Å². The van der Waals surface area contributed by atoms with E-state index in [2.05, 4.69) is 48.3 Å². The topological polar surface area (TPSA) is 12.0 Å². The SMILES string of the molecule is C=C(C)C=Cc1cccc(Nc2ccccc2)c1. The first-order valence-electron chi connectivity index (χ1n) is 6.00. The average molecular weight is 235 g/mol. The summed E-state index contributed by atoms with van der Waals surface area (Å²) in [6.07, 6.45) is 4.08. The molecule has 0 saturated heterocycles. The van der Waals surface area contributed by atoms with Crippen molar-refractivity contribution >= 4 is 17.5 Å². The second-order valence-electron chi connectivity index (χ2n) is 4.30. The van der Waals surface area contributed by atoms with Crippen molar-refractivity contribution in [3.63, 3.8) is 0 Å². The van der Waals surface area contributed by atoms with Gasteiger partial charge in [0.25, 0.3) is 0 Å². The van der Waals surface area contributed by atoms with Crippen LogP contribution in [0.15, 0.2) is 72.8 Å². The predicted molar refractivity (Wildman–Crippen MR) is 80.0 cm³/mol. The maximum Gasteiger partial charge on any atom is 0.0390 e. The van der Waals surface area contributed by atoms with Gasteiger partial charge in [-0.25, -0.2) is 0 Å². The van der Waals surface area contributed by atoms with Gasteiger partial charge in [-0.2, -0.15) is 0 Å². The van der Waals surface area contributed by atoms with E-state index in [1.54, 1.807) is 0 Å². The molecule has 0 radical (unpaired) electrons. The molecule has 1 heteroatoms. The molecular formula is C17H17N. The molecule has 1 N–H and O–H groups in total. The highest BCUT2D eigenvalue weighted by molar-refractivity contribution is 5.64. The fourth-order valence-electron chi connectivity index (χ4n) is 1.65. The minimum absolute atomic E-state index is 1.05. The third-order valence-corrected chi connectivity index (χ3v) is 2.51. The molecular weight excluding hydrogens is 218 g/mol. The molecule has 90 valence electrons. The Balaban J connectivity index is 2.15. The normalized spacial score (nSPS) is 10.5. The molecule has 0 aromatic heterocycles. The number of nitrogens with one attached hydrogen (secondary N) is 1. The van der Waals surface area contributed by atoms with Crippen LogP contribution in [0.5, 0.6) is 0 Å². The Morgan fingerprint density at radius 2 is 1.72 bits per heavy atom. The molecule has 0 fully saturated rings. The summed E-state index contributed by atoms with van der Waals surface area (Å²) in [5.74, 6) is 0. The van der Waals surface area contributed by atoms with Crippen LogP contribution < -0.4 is 5.32 Å². The van der Waals surface area contributed by atoms with Crippen LogP contribution in [0.3, 0.4) is 0 Å². The Labute approximate surface area is 108 Å². The largest absolute Gasteiger partial charge is 0.356 e. The lowest BCUT2D eigenvalue weighted by Crippen LogP contribution is -1.89. The molecule has 0 heterocycles. The zero-order chi connectivity index (χ0) is 12.8. The van der Waals surface area contributed by atoms with Crippen molar-refractivity contribution < 1.29 is 0 Å². The standard InChI is InChI=1S/C17H17N/c1-14(2)11-12-15-7-6-10-17(13-15)18-16-8-4-3-5-9-16/h3-13,18H,1H2,2H3. The lowest BCUT2D eigenvalue weighted by molar-refractivity contribution is 1.53. The summed E-state index contributed by atoms with van der Waals surface area (Å²) >= 11 is 0. The molecule has 0 aliphatic heterocycles. The van der Waals surface area contributed by atoms with Crippen LogP contribution in [0.4, 0.5) is 11.4 Å². The van der Waals surface area contributed by atoms with Gasteiger partial charge in [0.1, 0.15) is 0 Å². The Morgan fingerprint density at radius 3 is 2.44 bits per heavy atom. The summed E-state index contributed by atoms with van der Waals surface area (Å²) in [4.78, 5) is 0. The number of benzene rings is 2. The maximum atomic E-state index is 3.86. The predicted octanol–water partition coefficient (Wildman–Crippen LogP) is 5.02. The highest BCUT2D eigenvalue weighted by Gasteiger charge is 1.94. The summed E-state index contributed by atoms with van der Waals surface area (Å²) in [6, 6.07) is 18.5. The molecule has 1 nitrogen and oxygen atoms in total. The first-order chi connectivity index (χ1) is 8.74. The van der Waals surface area contributed by atoms with Gasteiger partial charge in [0.15, 0.2) is 0 Å². The zero-order valence-electron chi connectivity index (χ0n) is 10.6. The highest BCUT2D eigenvalue weighted by atomic mass is 14.9. The lowest BCUT2D eigenvalue weighted by atomic mass is 10.1. The van der Waals surface area contributed by atoms with Gasteiger partial charge < -0.3 is 5.32 Å². The second kappa shape index (κ2) is 5.87. The third kappa shape index (κ3) is 3.63. The Hall–Kier alpha value is -2.28. The molecule has 0 aliphatic carbocycles. The van der Waals surface area contributed by atoms with Gasteiger partial charge >= 0.3 is 0 Å². The maximum absolute atomic E-state index is 3.86. The van der Waals surface area contributed by atoms with Crippen LogP contribution in [0.25, 0.3) is 6.08 Å². The Kier molecular flexibility index (Phi) is 3.98. The molecule has 2 rings (SSSR count). The van der Waals surface area contributed by atoms with E-state index in [1.807, 2.05) is 37.3 Å². The van der Waals surface area contributed by atoms with Gasteiger partial charge in [-0.05, 0) is 36.8 Å². The molecule has 2 aromatic carbocycles. The van der Waals surface area contributed by atoms with E-state index < -0.39 is 0 Å². The summed E-state index contributed by atoms with van der Waals surface area (Å²) in [6.45, 7) is 5.85. The fraction of sp³-hybridized carbons (Fsp3) is 0.0588. The van der Waals surface area contributed by atoms with E-state index in [0.717, 1.165) is 16.9 Å². The van der Waals surface area contributed by atoms with Gasteiger partial charge in [0.2, 0.25) is 0 Å². The van der Waals surface area contributed by atoms with Crippen molar-refractivity contribution in [1.29, 1.82) is 0 Å². The quantitative estimate of drug-likeness (QED) is 0.734. The minimum Gasteiger partial charge on any atom is -0.356 e. The van der Waals surface area contributed by atoms with Crippen LogP contribution in [-0.2, 0) is 0 Å². The van der Waals surface area contributed by atoms with Gasteiger partial charge in [0.05, 0.1) is 0 Å². The summed E-state index contributed by atoms with van der Waals surface area (Å²) in [5, 5.41) is 3.38. The van der Waals surface area contributed by atoms with E-state index in [0.29, 0.717) is 0 Å². The van der Waals surface area contributed by atoms with E-state index in [4.69, 9.17) is 0 Å². The third-order valence-electron chi connectivity index (χ3n) is 2.51. The fourth-order valence-corrected chi connectivity index (χ4v) is 1.65. The van der Waals surface area contributed by atoms with E-state index in [9.17, 15) is 0 Å². The van der Waals surface area contributed by atoms with Crippen molar-refractivity contribution in [3.8, 4) is 0 Å². The van der Waals surface area contributed by atoms with Gasteiger partial charge in [-0.3, -0.25) is 0 Å². The van der Waals surface area contributed by atoms with Crippen LogP contribution in [0, 0.1) is 0 Å². The number of rotatable bonds is 4. The molecule has 0 amide bonds. The lowest BCUT2D eigenvalue weighted by Gasteiger charge is -2.06. The van der Waals surface area contributed by atoms with E-state index in [-0.39, 0.29) is 0 Å². The number of allylic oxidation sites excluding steroid dienone is 2. The zero-order valence-corrected chi connectivity index (χ0v) is 10.6. The van der Waals surface area contributed by atoms with Crippen molar-refractivity contribution in [3.05, 3.63) is 78.4 Å². The first kappa shape index (κ1) is 12.2. The summed E-state index contributed by atoms with van der Waals surface area (Å²) in [5.41, 5.74) is 4.40. The Bertz CT molecular complexity index is 553. The summed E-state index contributed by atoms with van der Waals surface area (Å²) in [7, 11) is 0. The van der Waals surface area contributed by atoms with Gasteiger partial charge in [-0.1, -0.05) is 54.6 Å². The number of anilines is 2. The van der Waals surface area contributed by atoms with Crippen molar-refractivity contribution in [1.82, 2.24) is 0 Å². The molecule has 0 unspecified atom stereocenters. The van der Waals surface area contributed by atoms with Crippen molar-refractivity contribution in [2.24, 2.45) is 0 Å². The molecule has 0 atom stereocenters. The molecule has 0 saturated carbocycles. The van der Waals surface area contributed by atoms with Crippen molar-refractivity contribution in [2.45, 2.75) is 6.92 Å². The molecule has 0 bridgehead atoms. The van der Waals surface area contributed by atoms with E-state index in [1.165, 1.54) is 5.56 Å². The van der Waals surface area contributed by atoms with Crippen LogP contribution in [0.1, 0.15) is 12.5 Å². The van der Waals surface area contributed by atoms with Gasteiger partial charge in [0, 0.05) is 11.4 Å². The minimum atomic E-state index is 1.05. The monoisotopic (exact) mass is 235 g/mol. The highest BCUT2D eigenvalue weighted by Crippen LogP contribution is 2.18. The van der Waals surface area contributed by atoms with Gasteiger partial charge in [-0.15, -0.1) is 0 Å². The van der Waals surface area contributed by atoms with Crippen LogP contribution >= 0.6 is 0 Å². The van der Waals surface area contributed by atoms with E-state index >= 15 is 0 Å². The smallest absolute Gasteiger partial charge is 0.0390 e. The number of hydrogen-bond donors (Lipinski definition) is 1. The van der Waals surface area contributed by atoms with Crippen molar-refractivity contribution in [2.75, 3.05) is 5.32 Å². The average Bonchev–Trinajstić information content (AvgIpc) is 2.38. The molecule has 0 aliphatic rings. The van der Waals surface area contributed by atoms with Crippen LogP contribution in [-0.4, -0.2) is 0 Å².